The number of carbonyl (C=O) groups is 1. The molecule has 25 heavy (non-hydrogen) atoms. The summed E-state index contributed by atoms with van der Waals surface area (Å²) in [6.07, 6.45) is 2.99. The minimum atomic E-state index is -0.564. The highest BCUT2D eigenvalue weighted by molar-refractivity contribution is 5.90. The molecule has 0 saturated carbocycles. The van der Waals surface area contributed by atoms with Gasteiger partial charge in [-0.05, 0) is 26.0 Å². The summed E-state index contributed by atoms with van der Waals surface area (Å²) in [5.41, 5.74) is 2.40. The first kappa shape index (κ1) is 16.6. The first-order valence-corrected chi connectivity index (χ1v) is 7.65. The first-order valence-electron chi connectivity index (χ1n) is 7.65. The van der Waals surface area contributed by atoms with Crippen molar-refractivity contribution in [3.63, 3.8) is 0 Å². The van der Waals surface area contributed by atoms with Crippen molar-refractivity contribution in [3.05, 3.63) is 64.1 Å². The highest BCUT2D eigenvalue weighted by Gasteiger charge is 2.22. The lowest BCUT2D eigenvalue weighted by Crippen LogP contribution is -2.37. The van der Waals surface area contributed by atoms with E-state index < -0.39 is 5.97 Å². The molecule has 128 valence electrons. The van der Waals surface area contributed by atoms with E-state index >= 15 is 0 Å². The smallest absolute Gasteiger partial charge is 0.346 e. The maximum Gasteiger partial charge on any atom is 0.346 e. The number of aromatic nitrogens is 5. The third kappa shape index (κ3) is 3.06. The zero-order valence-electron chi connectivity index (χ0n) is 14.3. The second-order valence-electron chi connectivity index (χ2n) is 5.65. The third-order valence-electron chi connectivity index (χ3n) is 3.82. The predicted molar refractivity (Wildman–Crippen MR) is 88.5 cm³/mol. The largest absolute Gasteiger partial charge is 0.618 e. The molecule has 3 aromatic heterocycles. The molecular weight excluding hydrogens is 322 g/mol. The minimum Gasteiger partial charge on any atom is -0.618 e. The van der Waals surface area contributed by atoms with Crippen LogP contribution in [0.25, 0.3) is 5.82 Å². The van der Waals surface area contributed by atoms with Gasteiger partial charge < -0.3 is 9.94 Å². The maximum absolute atomic E-state index is 12.3. The average Bonchev–Trinajstić information content (AvgIpc) is 2.97. The highest BCUT2D eigenvalue weighted by atomic mass is 16.5. The number of ether oxygens (including phenoxy) is 1. The van der Waals surface area contributed by atoms with E-state index in [0.717, 1.165) is 4.73 Å². The van der Waals surface area contributed by atoms with Gasteiger partial charge in [-0.25, -0.2) is 9.78 Å². The van der Waals surface area contributed by atoms with Gasteiger partial charge in [0.15, 0.2) is 0 Å². The molecule has 0 atom stereocenters. The standard InChI is InChI=1S/C17H17N5O3/c1-10-8-15(25-17(23)14-6-5-7-18-9-14)21(20-10)16-13(4)22(24)12(3)11(2)19-16/h5-9H,1-4H3. The Hall–Kier alpha value is -3.29. The van der Waals surface area contributed by atoms with Crippen molar-refractivity contribution >= 4 is 5.97 Å². The zero-order valence-corrected chi connectivity index (χ0v) is 14.3. The number of esters is 1. The van der Waals surface area contributed by atoms with Gasteiger partial charge in [0.1, 0.15) is 5.69 Å². The van der Waals surface area contributed by atoms with Crippen LogP contribution in [0.3, 0.4) is 0 Å². The summed E-state index contributed by atoms with van der Waals surface area (Å²) in [5, 5.41) is 16.6. The normalized spacial score (nSPS) is 10.7. The maximum atomic E-state index is 12.3. The lowest BCUT2D eigenvalue weighted by atomic mass is 10.3. The Kier molecular flexibility index (Phi) is 4.18. The lowest BCUT2D eigenvalue weighted by Gasteiger charge is -2.12. The van der Waals surface area contributed by atoms with Gasteiger partial charge in [0.05, 0.1) is 11.3 Å². The minimum absolute atomic E-state index is 0.185. The second kappa shape index (κ2) is 6.31. The van der Waals surface area contributed by atoms with E-state index in [9.17, 15) is 10.0 Å². The molecule has 8 heteroatoms. The number of pyridine rings is 1. The molecule has 0 aromatic carbocycles. The molecule has 0 aliphatic heterocycles. The molecule has 3 aromatic rings. The topological polar surface area (TPSA) is 96.8 Å². The molecular formula is C17H17N5O3. The number of rotatable bonds is 3. The van der Waals surface area contributed by atoms with E-state index in [4.69, 9.17) is 4.74 Å². The molecule has 0 bridgehead atoms. The van der Waals surface area contributed by atoms with Gasteiger partial charge in [0.2, 0.25) is 23.1 Å². The number of nitrogens with zero attached hydrogens (tertiary/aromatic N) is 5. The molecule has 3 rings (SSSR count). The average molecular weight is 339 g/mol. The van der Waals surface area contributed by atoms with Crippen LogP contribution in [0, 0.1) is 32.9 Å². The van der Waals surface area contributed by atoms with E-state index in [0.29, 0.717) is 34.2 Å². The van der Waals surface area contributed by atoms with Crippen molar-refractivity contribution in [1.82, 2.24) is 19.7 Å². The van der Waals surface area contributed by atoms with Gasteiger partial charge in [-0.15, -0.1) is 0 Å². The van der Waals surface area contributed by atoms with E-state index in [-0.39, 0.29) is 5.88 Å². The van der Waals surface area contributed by atoms with Gasteiger partial charge >= 0.3 is 5.97 Å². The Morgan fingerprint density at radius 2 is 2.00 bits per heavy atom. The summed E-state index contributed by atoms with van der Waals surface area (Å²) < 4.78 is 7.60. The third-order valence-corrected chi connectivity index (χ3v) is 3.82. The summed E-state index contributed by atoms with van der Waals surface area (Å²) in [6, 6.07) is 4.86. The fourth-order valence-corrected chi connectivity index (χ4v) is 2.35. The fraction of sp³-hybridized carbons (Fsp3) is 0.235. The molecule has 3 heterocycles. The number of carbonyl (C=O) groups excluding carboxylic acids is 1. The van der Waals surface area contributed by atoms with E-state index in [1.54, 1.807) is 52.1 Å². The molecule has 0 aliphatic rings. The first-order chi connectivity index (χ1) is 11.9. The molecule has 0 aliphatic carbocycles. The van der Waals surface area contributed by atoms with Crippen molar-refractivity contribution < 1.29 is 14.3 Å². The van der Waals surface area contributed by atoms with Crippen molar-refractivity contribution in [2.24, 2.45) is 0 Å². The van der Waals surface area contributed by atoms with Gasteiger partial charge in [-0.1, -0.05) is 0 Å². The second-order valence-corrected chi connectivity index (χ2v) is 5.65. The molecule has 8 nitrogen and oxygen atoms in total. The van der Waals surface area contributed by atoms with E-state index in [1.165, 1.54) is 10.9 Å². The number of hydrogen-bond donors (Lipinski definition) is 0. The molecule has 0 saturated heterocycles. The van der Waals surface area contributed by atoms with Gasteiger partial charge in [-0.3, -0.25) is 4.98 Å². The van der Waals surface area contributed by atoms with Crippen LogP contribution >= 0.6 is 0 Å². The van der Waals surface area contributed by atoms with Crippen LogP contribution < -0.4 is 9.47 Å². The Balaban J connectivity index is 2.04. The van der Waals surface area contributed by atoms with Crippen LogP contribution in [0.2, 0.25) is 0 Å². The summed E-state index contributed by atoms with van der Waals surface area (Å²) in [7, 11) is 0. The fourth-order valence-electron chi connectivity index (χ4n) is 2.35. The van der Waals surface area contributed by atoms with Crippen LogP contribution in [0.1, 0.15) is 33.1 Å². The molecule has 0 spiro atoms. The SMILES string of the molecule is Cc1cc(OC(=O)c2cccnc2)n(-c2nc(C)c(C)[n+]([O-])c2C)n1. The summed E-state index contributed by atoms with van der Waals surface area (Å²) in [6.45, 7) is 6.85. The molecule has 0 N–H and O–H groups in total. The summed E-state index contributed by atoms with van der Waals surface area (Å²) >= 11 is 0. The molecule has 0 fully saturated rings. The number of aryl methyl sites for hydroxylation is 2. The Bertz CT molecular complexity index is 951. The molecule has 0 radical (unpaired) electrons. The number of hydrogen-bond acceptors (Lipinski definition) is 6. The predicted octanol–water partition coefficient (Wildman–Crippen LogP) is 1.75. The van der Waals surface area contributed by atoms with Crippen LogP contribution in [0.5, 0.6) is 5.88 Å². The Morgan fingerprint density at radius 3 is 2.68 bits per heavy atom. The van der Waals surface area contributed by atoms with Crippen LogP contribution in [0.4, 0.5) is 0 Å². The zero-order chi connectivity index (χ0) is 18.1. The van der Waals surface area contributed by atoms with Crippen molar-refractivity contribution in [1.29, 1.82) is 0 Å². The Morgan fingerprint density at radius 1 is 1.24 bits per heavy atom. The van der Waals surface area contributed by atoms with Crippen molar-refractivity contribution in [2.45, 2.75) is 27.7 Å². The van der Waals surface area contributed by atoms with Gasteiger partial charge in [0, 0.05) is 32.3 Å². The van der Waals surface area contributed by atoms with Crippen LogP contribution in [0.15, 0.2) is 30.6 Å². The van der Waals surface area contributed by atoms with Gasteiger partial charge in [-0.2, -0.15) is 14.5 Å². The van der Waals surface area contributed by atoms with Crippen molar-refractivity contribution in [2.75, 3.05) is 0 Å². The highest BCUT2D eigenvalue weighted by Crippen LogP contribution is 2.21. The molecule has 0 amide bonds. The summed E-state index contributed by atoms with van der Waals surface area (Å²) in [4.78, 5) is 20.6. The van der Waals surface area contributed by atoms with Crippen LogP contribution in [-0.4, -0.2) is 25.7 Å². The lowest BCUT2D eigenvalue weighted by molar-refractivity contribution is -0.619. The monoisotopic (exact) mass is 339 g/mol. The molecule has 0 unspecified atom stereocenters. The summed E-state index contributed by atoms with van der Waals surface area (Å²) in [5.74, 6) is -0.0591. The Labute approximate surface area is 144 Å². The van der Waals surface area contributed by atoms with E-state index in [1.807, 2.05) is 0 Å². The quantitative estimate of drug-likeness (QED) is 0.410. The van der Waals surface area contributed by atoms with Gasteiger partial charge in [0.25, 0.3) is 0 Å². The van der Waals surface area contributed by atoms with Crippen molar-refractivity contribution in [3.8, 4) is 11.7 Å². The van der Waals surface area contributed by atoms with E-state index in [2.05, 4.69) is 15.1 Å². The van der Waals surface area contributed by atoms with Crippen LogP contribution in [-0.2, 0) is 0 Å².